The standard InChI is InChI=1S/C10H8O8S2/c11-7-5-3-1-2-4-6(5)8(12)10(20(16,17)18)9(7)19(13,14)15/h1-4,11-12H,(H,13,14,15)(H,16,17,18). The number of benzene rings is 2. The summed E-state index contributed by atoms with van der Waals surface area (Å²) < 4.78 is 63.0. The Morgan fingerprint density at radius 1 is 0.700 bits per heavy atom. The van der Waals surface area contributed by atoms with Crippen molar-refractivity contribution in [1.29, 1.82) is 0 Å². The summed E-state index contributed by atoms with van der Waals surface area (Å²) in [6.07, 6.45) is 0. The highest BCUT2D eigenvalue weighted by atomic mass is 32.2. The summed E-state index contributed by atoms with van der Waals surface area (Å²) >= 11 is 0. The Hall–Kier alpha value is -1.88. The fourth-order valence-corrected chi connectivity index (χ4v) is 3.84. The van der Waals surface area contributed by atoms with E-state index in [1.54, 1.807) is 0 Å². The number of phenols is 2. The first-order valence-corrected chi connectivity index (χ1v) is 7.84. The average molecular weight is 320 g/mol. The number of rotatable bonds is 2. The molecule has 108 valence electrons. The van der Waals surface area contributed by atoms with Crippen LogP contribution in [-0.4, -0.2) is 36.2 Å². The molecule has 20 heavy (non-hydrogen) atoms. The number of hydrogen-bond donors (Lipinski definition) is 4. The minimum Gasteiger partial charge on any atom is -0.506 e. The lowest BCUT2D eigenvalue weighted by atomic mass is 10.1. The van der Waals surface area contributed by atoms with Gasteiger partial charge in [0.05, 0.1) is 0 Å². The first kappa shape index (κ1) is 14.5. The molecule has 10 heteroatoms. The zero-order chi connectivity index (χ0) is 15.3. The summed E-state index contributed by atoms with van der Waals surface area (Å²) in [5, 5.41) is 19.2. The van der Waals surface area contributed by atoms with Gasteiger partial charge in [-0.05, 0) is 0 Å². The van der Waals surface area contributed by atoms with E-state index in [0.717, 1.165) is 0 Å². The number of phenolic OH excluding ortho intramolecular Hbond substituents is 2. The number of fused-ring (bicyclic) bond motifs is 1. The Kier molecular flexibility index (Phi) is 3.13. The third kappa shape index (κ3) is 2.18. The lowest BCUT2D eigenvalue weighted by Crippen LogP contribution is -2.09. The van der Waals surface area contributed by atoms with Crippen LogP contribution in [0.4, 0.5) is 0 Å². The van der Waals surface area contributed by atoms with Crippen molar-refractivity contribution in [3.63, 3.8) is 0 Å². The van der Waals surface area contributed by atoms with Crippen molar-refractivity contribution in [3.05, 3.63) is 24.3 Å². The molecular weight excluding hydrogens is 312 g/mol. The predicted molar refractivity (Wildman–Crippen MR) is 66.9 cm³/mol. The normalized spacial score (nSPS) is 12.7. The fourth-order valence-electron chi connectivity index (χ4n) is 1.83. The van der Waals surface area contributed by atoms with Crippen LogP contribution in [0, 0.1) is 0 Å². The summed E-state index contributed by atoms with van der Waals surface area (Å²) in [6.45, 7) is 0. The molecule has 0 atom stereocenters. The molecule has 0 heterocycles. The van der Waals surface area contributed by atoms with Gasteiger partial charge in [0, 0.05) is 10.8 Å². The molecule has 2 aromatic rings. The maximum atomic E-state index is 11.2. The minimum atomic E-state index is -5.21. The molecule has 0 bridgehead atoms. The highest BCUT2D eigenvalue weighted by Gasteiger charge is 2.33. The van der Waals surface area contributed by atoms with E-state index in [4.69, 9.17) is 9.11 Å². The van der Waals surface area contributed by atoms with Crippen LogP contribution in [0.2, 0.25) is 0 Å². The lowest BCUT2D eigenvalue weighted by Gasteiger charge is -2.12. The van der Waals surface area contributed by atoms with Crippen molar-refractivity contribution in [2.45, 2.75) is 9.79 Å². The molecular formula is C10H8O8S2. The second kappa shape index (κ2) is 4.31. The first-order valence-electron chi connectivity index (χ1n) is 4.96. The molecule has 0 aliphatic carbocycles. The van der Waals surface area contributed by atoms with Crippen LogP contribution in [0.3, 0.4) is 0 Å². The smallest absolute Gasteiger partial charge is 0.299 e. The Labute approximate surface area is 113 Å². The molecule has 4 N–H and O–H groups in total. The third-order valence-corrected chi connectivity index (χ3v) is 4.55. The van der Waals surface area contributed by atoms with Gasteiger partial charge < -0.3 is 10.2 Å². The van der Waals surface area contributed by atoms with E-state index in [9.17, 15) is 27.0 Å². The molecule has 8 nitrogen and oxygen atoms in total. The Morgan fingerprint density at radius 3 is 1.25 bits per heavy atom. The molecule has 0 fully saturated rings. The van der Waals surface area contributed by atoms with Crippen LogP contribution in [0.25, 0.3) is 10.8 Å². The van der Waals surface area contributed by atoms with Gasteiger partial charge in [-0.2, -0.15) is 16.8 Å². The van der Waals surface area contributed by atoms with E-state index in [-0.39, 0.29) is 10.8 Å². The van der Waals surface area contributed by atoms with Crippen molar-refractivity contribution in [2.75, 3.05) is 0 Å². The summed E-state index contributed by atoms with van der Waals surface area (Å²) in [7, 11) is -10.4. The van der Waals surface area contributed by atoms with Crippen LogP contribution in [0.15, 0.2) is 34.1 Å². The molecule has 0 aromatic heterocycles. The van der Waals surface area contributed by atoms with E-state index >= 15 is 0 Å². The highest BCUT2D eigenvalue weighted by molar-refractivity contribution is 7.89. The van der Waals surface area contributed by atoms with Crippen molar-refractivity contribution in [1.82, 2.24) is 0 Å². The molecule has 0 amide bonds. The van der Waals surface area contributed by atoms with Crippen molar-refractivity contribution in [2.24, 2.45) is 0 Å². The molecule has 0 saturated heterocycles. The molecule has 0 aliphatic rings. The van der Waals surface area contributed by atoms with E-state index in [1.165, 1.54) is 24.3 Å². The molecule has 0 saturated carbocycles. The van der Waals surface area contributed by atoms with E-state index < -0.39 is 41.5 Å². The van der Waals surface area contributed by atoms with Crippen molar-refractivity contribution < 1.29 is 36.2 Å². The topological polar surface area (TPSA) is 149 Å². The Morgan fingerprint density at radius 2 is 1.00 bits per heavy atom. The van der Waals surface area contributed by atoms with Crippen LogP contribution < -0.4 is 0 Å². The van der Waals surface area contributed by atoms with Gasteiger partial charge in [0.1, 0.15) is 11.5 Å². The Bertz CT molecular complexity index is 835. The molecule has 0 aliphatic heterocycles. The minimum absolute atomic E-state index is 0.204. The Balaban J connectivity index is 3.23. The maximum absolute atomic E-state index is 11.2. The predicted octanol–water partition coefficient (Wildman–Crippen LogP) is 0.744. The van der Waals surface area contributed by atoms with Gasteiger partial charge in [0.25, 0.3) is 20.2 Å². The SMILES string of the molecule is O=S(=O)(O)c1c(S(=O)(=O)O)c(O)c2ccccc2c1O. The fraction of sp³-hybridized carbons (Fsp3) is 0. The van der Waals surface area contributed by atoms with E-state index in [0.29, 0.717) is 0 Å². The van der Waals surface area contributed by atoms with Crippen molar-refractivity contribution >= 4 is 31.0 Å². The maximum Gasteiger partial charge on any atom is 0.299 e. The van der Waals surface area contributed by atoms with Crippen LogP contribution in [0.5, 0.6) is 11.5 Å². The zero-order valence-corrected chi connectivity index (χ0v) is 11.2. The molecule has 0 unspecified atom stereocenters. The first-order chi connectivity index (χ1) is 9.05. The zero-order valence-electron chi connectivity index (χ0n) is 9.55. The molecule has 0 radical (unpaired) electrons. The highest BCUT2D eigenvalue weighted by Crippen LogP contribution is 2.43. The summed E-state index contributed by atoms with van der Waals surface area (Å²) in [5.41, 5.74) is 0. The second-order valence-electron chi connectivity index (χ2n) is 3.85. The van der Waals surface area contributed by atoms with Crippen LogP contribution >= 0.6 is 0 Å². The monoisotopic (exact) mass is 320 g/mol. The summed E-state index contributed by atoms with van der Waals surface area (Å²) in [4.78, 5) is -2.95. The van der Waals surface area contributed by atoms with Gasteiger partial charge in [0.15, 0.2) is 9.79 Å². The number of aromatic hydroxyl groups is 2. The van der Waals surface area contributed by atoms with Gasteiger partial charge in [-0.25, -0.2) is 0 Å². The van der Waals surface area contributed by atoms with Crippen LogP contribution in [-0.2, 0) is 20.2 Å². The third-order valence-electron chi connectivity index (χ3n) is 2.59. The quantitative estimate of drug-likeness (QED) is 0.467. The lowest BCUT2D eigenvalue weighted by molar-refractivity contribution is 0.414. The van der Waals surface area contributed by atoms with Crippen molar-refractivity contribution in [3.8, 4) is 11.5 Å². The van der Waals surface area contributed by atoms with Gasteiger partial charge >= 0.3 is 0 Å². The molecule has 0 spiro atoms. The van der Waals surface area contributed by atoms with Gasteiger partial charge in [0.2, 0.25) is 0 Å². The van der Waals surface area contributed by atoms with E-state index in [1.807, 2.05) is 0 Å². The van der Waals surface area contributed by atoms with E-state index in [2.05, 4.69) is 0 Å². The molecule has 2 rings (SSSR count). The summed E-state index contributed by atoms with van der Waals surface area (Å²) in [5.74, 6) is -2.18. The average Bonchev–Trinajstić information content (AvgIpc) is 2.30. The van der Waals surface area contributed by atoms with Crippen LogP contribution in [0.1, 0.15) is 0 Å². The number of hydrogen-bond acceptors (Lipinski definition) is 6. The largest absolute Gasteiger partial charge is 0.506 e. The van der Waals surface area contributed by atoms with Gasteiger partial charge in [-0.3, -0.25) is 9.11 Å². The van der Waals surface area contributed by atoms with Gasteiger partial charge in [-0.15, -0.1) is 0 Å². The summed E-state index contributed by atoms with van der Waals surface area (Å²) in [6, 6.07) is 5.18. The second-order valence-corrected chi connectivity index (χ2v) is 6.57. The molecule has 2 aromatic carbocycles. The van der Waals surface area contributed by atoms with Gasteiger partial charge in [-0.1, -0.05) is 24.3 Å².